The molecule has 0 radical (unpaired) electrons. The first-order valence-corrected chi connectivity index (χ1v) is 10.1. The molecule has 0 N–H and O–H groups in total. The summed E-state index contributed by atoms with van der Waals surface area (Å²) in [6, 6.07) is 30.5. The lowest BCUT2D eigenvalue weighted by Crippen LogP contribution is -1.89. The van der Waals surface area contributed by atoms with Crippen molar-refractivity contribution in [3.63, 3.8) is 0 Å². The smallest absolute Gasteiger partial charge is 0.00107 e. The van der Waals surface area contributed by atoms with Gasteiger partial charge in [-0.1, -0.05) is 84.9 Å². The molecule has 0 aliphatic heterocycles. The monoisotopic (exact) mass is 360 g/mol. The molecule has 0 aromatic heterocycles. The van der Waals surface area contributed by atoms with Crippen LogP contribution in [0.15, 0.2) is 84.9 Å². The third-order valence-corrected chi connectivity index (χ3v) is 6.25. The molecule has 0 atom stereocenters. The number of fused-ring (bicyclic) bond motifs is 6. The second kappa shape index (κ2) is 6.80. The molecule has 4 aromatic rings. The Hall–Kier alpha value is -3.12. The van der Waals surface area contributed by atoms with E-state index in [0.717, 1.165) is 12.8 Å². The summed E-state index contributed by atoms with van der Waals surface area (Å²) < 4.78 is 0. The van der Waals surface area contributed by atoms with Gasteiger partial charge in [0.2, 0.25) is 0 Å². The largest absolute Gasteiger partial charge is 0.0619 e. The van der Waals surface area contributed by atoms with Crippen LogP contribution in [-0.2, 0) is 12.8 Å². The van der Waals surface area contributed by atoms with Gasteiger partial charge in [-0.05, 0) is 82.3 Å². The molecule has 0 fully saturated rings. The average Bonchev–Trinajstić information content (AvgIpc) is 3.30. The van der Waals surface area contributed by atoms with E-state index in [-0.39, 0.29) is 0 Å². The van der Waals surface area contributed by atoms with E-state index in [1.807, 2.05) is 0 Å². The van der Waals surface area contributed by atoms with Gasteiger partial charge < -0.3 is 0 Å². The van der Waals surface area contributed by atoms with Crippen LogP contribution in [0.3, 0.4) is 0 Å². The fraction of sp³-hybridized carbons (Fsp3) is 0.143. The van der Waals surface area contributed by atoms with Gasteiger partial charge in [0.25, 0.3) is 0 Å². The van der Waals surface area contributed by atoms with Gasteiger partial charge in [0.05, 0.1) is 0 Å². The fourth-order valence-electron chi connectivity index (χ4n) is 4.56. The van der Waals surface area contributed by atoms with Gasteiger partial charge in [0.1, 0.15) is 0 Å². The minimum atomic E-state index is 1.10. The molecule has 0 heteroatoms. The fourth-order valence-corrected chi connectivity index (χ4v) is 4.56. The Morgan fingerprint density at radius 2 is 0.929 bits per heavy atom. The van der Waals surface area contributed by atoms with Crippen LogP contribution in [0.1, 0.15) is 33.4 Å². The summed E-state index contributed by atoms with van der Waals surface area (Å²) in [5, 5.41) is 0. The van der Waals surface area contributed by atoms with Crippen molar-refractivity contribution in [3.05, 3.63) is 118 Å². The summed E-state index contributed by atoms with van der Waals surface area (Å²) in [4.78, 5) is 0. The van der Waals surface area contributed by atoms with Crippen LogP contribution in [0.2, 0.25) is 0 Å². The molecule has 6 rings (SSSR count). The van der Waals surface area contributed by atoms with Crippen molar-refractivity contribution in [1.29, 1.82) is 0 Å². The highest BCUT2D eigenvalue weighted by Crippen LogP contribution is 2.38. The Morgan fingerprint density at radius 1 is 0.464 bits per heavy atom. The first-order valence-electron chi connectivity index (χ1n) is 10.1. The normalized spacial score (nSPS) is 12.4. The van der Waals surface area contributed by atoms with Crippen molar-refractivity contribution in [1.82, 2.24) is 0 Å². The van der Waals surface area contributed by atoms with E-state index in [0.29, 0.717) is 0 Å². The van der Waals surface area contributed by atoms with Gasteiger partial charge in [-0.15, -0.1) is 0 Å². The lowest BCUT2D eigenvalue weighted by molar-refractivity contribution is 1.19. The van der Waals surface area contributed by atoms with Gasteiger partial charge in [0, 0.05) is 0 Å². The zero-order chi connectivity index (χ0) is 19.1. The van der Waals surface area contributed by atoms with Crippen molar-refractivity contribution in [2.45, 2.75) is 26.7 Å². The predicted octanol–water partition coefficient (Wildman–Crippen LogP) is 7.13. The molecule has 0 saturated heterocycles. The third kappa shape index (κ3) is 2.77. The highest BCUT2D eigenvalue weighted by molar-refractivity contribution is 5.78. The Bertz CT molecular complexity index is 1140. The van der Waals surface area contributed by atoms with Crippen LogP contribution in [0.4, 0.5) is 0 Å². The summed E-state index contributed by atoms with van der Waals surface area (Å²) in [5.74, 6) is 0. The number of aryl methyl sites for hydroxylation is 1. The maximum atomic E-state index is 2.27. The summed E-state index contributed by atoms with van der Waals surface area (Å²) in [6.07, 6.45) is 2.21. The highest BCUT2D eigenvalue weighted by Gasteiger charge is 2.19. The Labute approximate surface area is 167 Å². The number of benzene rings is 4. The van der Waals surface area contributed by atoms with Crippen LogP contribution >= 0.6 is 0 Å². The minimum absolute atomic E-state index is 1.10. The van der Waals surface area contributed by atoms with E-state index in [1.54, 1.807) is 0 Å². The zero-order valence-corrected chi connectivity index (χ0v) is 16.5. The predicted molar refractivity (Wildman–Crippen MR) is 119 cm³/mol. The molecule has 28 heavy (non-hydrogen) atoms. The van der Waals surface area contributed by atoms with Gasteiger partial charge in [0.15, 0.2) is 0 Å². The Morgan fingerprint density at radius 3 is 1.50 bits per heavy atom. The van der Waals surface area contributed by atoms with E-state index in [1.165, 1.54) is 55.6 Å². The van der Waals surface area contributed by atoms with Crippen LogP contribution in [0, 0.1) is 13.8 Å². The van der Waals surface area contributed by atoms with Crippen LogP contribution < -0.4 is 0 Å². The lowest BCUT2D eigenvalue weighted by atomic mass is 9.98. The average molecular weight is 361 g/mol. The molecule has 0 saturated carbocycles. The van der Waals surface area contributed by atoms with E-state index < -0.39 is 0 Å². The first kappa shape index (κ1) is 17.0. The molecule has 0 bridgehead atoms. The summed E-state index contributed by atoms with van der Waals surface area (Å²) in [5.41, 5.74) is 14.5. The van der Waals surface area contributed by atoms with Gasteiger partial charge in [-0.2, -0.15) is 0 Å². The van der Waals surface area contributed by atoms with Crippen molar-refractivity contribution in [3.8, 4) is 22.3 Å². The number of rotatable bonds is 0. The Kier molecular flexibility index (Phi) is 4.13. The highest BCUT2D eigenvalue weighted by atomic mass is 14.2. The molecular formula is C28H24. The second-order valence-electron chi connectivity index (χ2n) is 7.86. The van der Waals surface area contributed by atoms with Crippen LogP contribution in [0.5, 0.6) is 0 Å². The van der Waals surface area contributed by atoms with Gasteiger partial charge >= 0.3 is 0 Å². The molecule has 136 valence electrons. The molecule has 0 amide bonds. The maximum absolute atomic E-state index is 2.27. The van der Waals surface area contributed by atoms with Crippen molar-refractivity contribution in [2.75, 3.05) is 0 Å². The standard InChI is InChI=1S/C15H14.C13H10/c1-10-7-8-14-13-6-4-3-5-12(13)9-15(14)11(10)2;1-3-7-12-10(5-1)9-11-6-2-4-8-13(11)12/h3-8H,9H2,1-2H3;1-8H,9H2. The number of hydrogen-bond donors (Lipinski definition) is 0. The van der Waals surface area contributed by atoms with Crippen LogP contribution in [-0.4, -0.2) is 0 Å². The molecule has 2 aliphatic carbocycles. The van der Waals surface area contributed by atoms with Crippen molar-refractivity contribution >= 4 is 0 Å². The lowest BCUT2D eigenvalue weighted by Gasteiger charge is -2.06. The topological polar surface area (TPSA) is 0 Å². The summed E-state index contributed by atoms with van der Waals surface area (Å²) in [6.45, 7) is 4.43. The van der Waals surface area contributed by atoms with E-state index >= 15 is 0 Å². The quantitative estimate of drug-likeness (QED) is 0.270. The van der Waals surface area contributed by atoms with Crippen molar-refractivity contribution in [2.24, 2.45) is 0 Å². The zero-order valence-electron chi connectivity index (χ0n) is 16.5. The number of hydrogen-bond acceptors (Lipinski definition) is 0. The summed E-state index contributed by atoms with van der Waals surface area (Å²) >= 11 is 0. The molecule has 0 heterocycles. The van der Waals surface area contributed by atoms with Crippen LogP contribution in [0.25, 0.3) is 22.3 Å². The molecule has 0 spiro atoms. The molecular weight excluding hydrogens is 336 g/mol. The van der Waals surface area contributed by atoms with E-state index in [4.69, 9.17) is 0 Å². The minimum Gasteiger partial charge on any atom is -0.0619 e. The molecule has 0 nitrogen and oxygen atoms in total. The molecule has 2 aliphatic rings. The first-order chi connectivity index (χ1) is 13.7. The van der Waals surface area contributed by atoms with Gasteiger partial charge in [-0.25, -0.2) is 0 Å². The Balaban J connectivity index is 0.000000123. The maximum Gasteiger partial charge on any atom is -0.00107 e. The molecule has 4 aromatic carbocycles. The second-order valence-corrected chi connectivity index (χ2v) is 7.86. The SMILES string of the molecule is Cc1ccc2c(c1C)Cc1ccccc1-2.c1ccc2c(c1)Cc1ccccc1-2. The van der Waals surface area contributed by atoms with E-state index in [2.05, 4.69) is 98.8 Å². The van der Waals surface area contributed by atoms with E-state index in [9.17, 15) is 0 Å². The third-order valence-electron chi connectivity index (χ3n) is 6.25. The summed E-state index contributed by atoms with van der Waals surface area (Å²) in [7, 11) is 0. The molecule has 0 unspecified atom stereocenters. The van der Waals surface area contributed by atoms with Gasteiger partial charge in [-0.3, -0.25) is 0 Å². The van der Waals surface area contributed by atoms with Crippen molar-refractivity contribution < 1.29 is 0 Å².